The normalized spacial score (nSPS) is 10.2. The fraction of sp³-hybridized carbons (Fsp3) is 0.167. The zero-order chi connectivity index (χ0) is 14.5. The first-order valence-electron chi connectivity index (χ1n) is 5.66. The van der Waals surface area contributed by atoms with E-state index in [1.165, 1.54) is 6.20 Å². The lowest BCUT2D eigenvalue weighted by molar-refractivity contribution is -0.137. The monoisotopic (exact) mass is 292 g/mol. The standard InChI is InChI=1S/C12H12N4O3S/c1-20-9-4-2-8(3-5-9)13-12(19)10-6-16(15-14-10)7-11(17)18/h2-6H,7H2,1H3,(H,13,19)(H,17,18). The lowest BCUT2D eigenvalue weighted by Gasteiger charge is -2.03. The highest BCUT2D eigenvalue weighted by Gasteiger charge is 2.12. The Bertz CT molecular complexity index is 624. The number of carbonyl (C=O) groups excluding carboxylic acids is 1. The molecule has 0 saturated carbocycles. The summed E-state index contributed by atoms with van der Waals surface area (Å²) in [5, 5.41) is 18.5. The van der Waals surface area contributed by atoms with Gasteiger partial charge >= 0.3 is 5.97 Å². The van der Waals surface area contributed by atoms with Gasteiger partial charge in [-0.15, -0.1) is 16.9 Å². The lowest BCUT2D eigenvalue weighted by atomic mass is 10.3. The highest BCUT2D eigenvalue weighted by molar-refractivity contribution is 7.98. The molecule has 8 heteroatoms. The molecule has 1 aromatic heterocycles. The van der Waals surface area contributed by atoms with E-state index < -0.39 is 11.9 Å². The number of nitrogens with zero attached hydrogens (tertiary/aromatic N) is 3. The van der Waals surface area contributed by atoms with Gasteiger partial charge in [0.1, 0.15) is 6.54 Å². The minimum Gasteiger partial charge on any atom is -0.480 e. The highest BCUT2D eigenvalue weighted by Crippen LogP contribution is 2.17. The lowest BCUT2D eigenvalue weighted by Crippen LogP contribution is -2.12. The summed E-state index contributed by atoms with van der Waals surface area (Å²) in [5.41, 5.74) is 0.709. The van der Waals surface area contributed by atoms with Crippen molar-refractivity contribution in [3.05, 3.63) is 36.2 Å². The Morgan fingerprint density at radius 1 is 1.35 bits per heavy atom. The number of rotatable bonds is 5. The number of aromatic nitrogens is 3. The second-order valence-electron chi connectivity index (χ2n) is 3.88. The maximum absolute atomic E-state index is 11.9. The average molecular weight is 292 g/mol. The molecular formula is C12H12N4O3S. The Morgan fingerprint density at radius 3 is 2.65 bits per heavy atom. The fourth-order valence-corrected chi connectivity index (χ4v) is 1.90. The number of benzene rings is 1. The molecule has 0 unspecified atom stereocenters. The predicted octanol–water partition coefficient (Wildman–Crippen LogP) is 1.34. The average Bonchev–Trinajstić information content (AvgIpc) is 2.87. The molecule has 0 spiro atoms. The number of hydrogen-bond donors (Lipinski definition) is 2. The quantitative estimate of drug-likeness (QED) is 0.807. The third kappa shape index (κ3) is 3.58. The van der Waals surface area contributed by atoms with Crippen molar-refractivity contribution >= 4 is 29.3 Å². The number of hydrogen-bond acceptors (Lipinski definition) is 5. The van der Waals surface area contributed by atoms with E-state index in [0.29, 0.717) is 5.69 Å². The van der Waals surface area contributed by atoms with E-state index in [1.54, 1.807) is 23.9 Å². The van der Waals surface area contributed by atoms with Gasteiger partial charge in [0, 0.05) is 10.6 Å². The van der Waals surface area contributed by atoms with Crippen molar-refractivity contribution in [1.29, 1.82) is 0 Å². The Labute approximate surface area is 119 Å². The molecule has 0 radical (unpaired) electrons. The number of amides is 1. The van der Waals surface area contributed by atoms with E-state index in [9.17, 15) is 9.59 Å². The number of aliphatic carboxylic acids is 1. The van der Waals surface area contributed by atoms with Gasteiger partial charge in [-0.25, -0.2) is 4.68 Å². The van der Waals surface area contributed by atoms with Crippen LogP contribution < -0.4 is 5.32 Å². The summed E-state index contributed by atoms with van der Waals surface area (Å²) in [6, 6.07) is 7.35. The van der Waals surface area contributed by atoms with E-state index in [-0.39, 0.29) is 12.2 Å². The Morgan fingerprint density at radius 2 is 2.05 bits per heavy atom. The minimum atomic E-state index is -1.05. The molecule has 0 atom stereocenters. The van der Waals surface area contributed by atoms with Crippen LogP contribution >= 0.6 is 11.8 Å². The molecule has 0 fully saturated rings. The maximum Gasteiger partial charge on any atom is 0.325 e. The van der Waals surface area contributed by atoms with Crippen LogP contribution in [0.15, 0.2) is 35.4 Å². The van der Waals surface area contributed by atoms with Crippen molar-refractivity contribution in [2.45, 2.75) is 11.4 Å². The van der Waals surface area contributed by atoms with Gasteiger partial charge in [0.15, 0.2) is 5.69 Å². The molecule has 0 bridgehead atoms. The van der Waals surface area contributed by atoms with Crippen LogP contribution in [-0.4, -0.2) is 38.2 Å². The molecule has 20 heavy (non-hydrogen) atoms. The first-order valence-corrected chi connectivity index (χ1v) is 6.88. The number of carbonyl (C=O) groups is 2. The van der Waals surface area contributed by atoms with E-state index in [4.69, 9.17) is 5.11 Å². The number of thioether (sulfide) groups is 1. The summed E-state index contributed by atoms with van der Waals surface area (Å²) in [5.74, 6) is -1.48. The summed E-state index contributed by atoms with van der Waals surface area (Å²) in [4.78, 5) is 23.5. The van der Waals surface area contributed by atoms with Crippen molar-refractivity contribution in [3.8, 4) is 0 Å². The van der Waals surface area contributed by atoms with E-state index in [2.05, 4.69) is 15.6 Å². The molecule has 1 amide bonds. The predicted molar refractivity (Wildman–Crippen MR) is 73.8 cm³/mol. The maximum atomic E-state index is 11.9. The van der Waals surface area contributed by atoms with Crippen molar-refractivity contribution < 1.29 is 14.7 Å². The molecule has 7 nitrogen and oxygen atoms in total. The second-order valence-corrected chi connectivity index (χ2v) is 4.76. The number of nitrogens with one attached hydrogen (secondary N) is 1. The Kier molecular flexibility index (Phi) is 4.36. The van der Waals surface area contributed by atoms with Gasteiger partial charge in [0.2, 0.25) is 0 Å². The van der Waals surface area contributed by atoms with E-state index >= 15 is 0 Å². The molecule has 2 N–H and O–H groups in total. The molecular weight excluding hydrogens is 280 g/mol. The van der Waals surface area contributed by atoms with Gasteiger partial charge in [0.25, 0.3) is 5.91 Å². The van der Waals surface area contributed by atoms with Crippen molar-refractivity contribution in [3.63, 3.8) is 0 Å². The van der Waals surface area contributed by atoms with Crippen LogP contribution in [0.2, 0.25) is 0 Å². The van der Waals surface area contributed by atoms with Crippen molar-refractivity contribution in [2.24, 2.45) is 0 Å². The molecule has 0 saturated heterocycles. The van der Waals surface area contributed by atoms with E-state index in [1.807, 2.05) is 18.4 Å². The largest absolute Gasteiger partial charge is 0.480 e. The Hall–Kier alpha value is -2.35. The second kappa shape index (κ2) is 6.20. The van der Waals surface area contributed by atoms with Crippen molar-refractivity contribution in [1.82, 2.24) is 15.0 Å². The van der Waals surface area contributed by atoms with Crippen molar-refractivity contribution in [2.75, 3.05) is 11.6 Å². The molecule has 2 rings (SSSR count). The number of carboxylic acids is 1. The van der Waals surface area contributed by atoms with Crippen LogP contribution in [0.3, 0.4) is 0 Å². The van der Waals surface area contributed by atoms with Gasteiger partial charge in [-0.2, -0.15) is 0 Å². The van der Waals surface area contributed by atoms with Crippen LogP contribution in [0, 0.1) is 0 Å². The van der Waals surface area contributed by atoms with Crippen LogP contribution in [0.25, 0.3) is 0 Å². The summed E-state index contributed by atoms with van der Waals surface area (Å²) in [7, 11) is 0. The third-order valence-electron chi connectivity index (χ3n) is 2.42. The summed E-state index contributed by atoms with van der Waals surface area (Å²) < 4.78 is 1.09. The van der Waals surface area contributed by atoms with Gasteiger partial charge in [0.05, 0.1) is 6.20 Å². The molecule has 0 aliphatic heterocycles. The topological polar surface area (TPSA) is 97.1 Å². The SMILES string of the molecule is CSc1ccc(NC(=O)c2cn(CC(=O)O)nn2)cc1. The van der Waals surface area contributed by atoms with Crippen LogP contribution in [0.1, 0.15) is 10.5 Å². The van der Waals surface area contributed by atoms with E-state index in [0.717, 1.165) is 9.58 Å². The molecule has 104 valence electrons. The summed E-state index contributed by atoms with van der Waals surface area (Å²) >= 11 is 1.61. The molecule has 1 aromatic carbocycles. The molecule has 0 aliphatic rings. The van der Waals surface area contributed by atoms with Crippen LogP contribution in [0.5, 0.6) is 0 Å². The first kappa shape index (κ1) is 14.1. The smallest absolute Gasteiger partial charge is 0.325 e. The van der Waals surface area contributed by atoms with Gasteiger partial charge in [-0.3, -0.25) is 9.59 Å². The minimum absolute atomic E-state index is 0.0696. The zero-order valence-corrected chi connectivity index (χ0v) is 11.4. The van der Waals surface area contributed by atoms with Gasteiger partial charge in [-0.05, 0) is 30.5 Å². The molecule has 0 aliphatic carbocycles. The number of anilines is 1. The third-order valence-corrected chi connectivity index (χ3v) is 3.16. The molecule has 1 heterocycles. The molecule has 2 aromatic rings. The fourth-order valence-electron chi connectivity index (χ4n) is 1.49. The zero-order valence-electron chi connectivity index (χ0n) is 10.6. The highest BCUT2D eigenvalue weighted by atomic mass is 32.2. The first-order chi connectivity index (χ1) is 9.58. The summed E-state index contributed by atoms with van der Waals surface area (Å²) in [6.07, 6.45) is 3.26. The van der Waals surface area contributed by atoms with Crippen LogP contribution in [-0.2, 0) is 11.3 Å². The number of carboxylic acid groups (broad SMARTS) is 1. The van der Waals surface area contributed by atoms with Gasteiger partial charge < -0.3 is 10.4 Å². The summed E-state index contributed by atoms with van der Waals surface area (Å²) in [6.45, 7) is -0.331. The van der Waals surface area contributed by atoms with Crippen LogP contribution in [0.4, 0.5) is 5.69 Å². The van der Waals surface area contributed by atoms with Gasteiger partial charge in [-0.1, -0.05) is 5.21 Å². The Balaban J connectivity index is 2.03.